The van der Waals surface area contributed by atoms with Crippen LogP contribution in [-0.4, -0.2) is 58.1 Å². The van der Waals surface area contributed by atoms with E-state index in [4.69, 9.17) is 13.9 Å². The number of carbonyl (C=O) groups excluding carboxylic acids is 1. The number of H-pyrrole nitrogens is 1. The summed E-state index contributed by atoms with van der Waals surface area (Å²) in [5.74, 6) is -0.171. The van der Waals surface area contributed by atoms with Crippen LogP contribution in [0, 0.1) is 5.92 Å². The number of nitrogens with one attached hydrogen (secondary N) is 1. The molecule has 0 saturated carbocycles. The lowest BCUT2D eigenvalue weighted by atomic mass is 9.80. The standard InChI is InChI=1S/C31H35N3O6/c1-2-38-30-22(9-7-17-35)23(24-19-39-27-12-6-3-8-21(24)27)18-28(40-30)29(36)33-15-13-20(14-16-33)34-26-11-5-4-10-25(26)32-31(34)37/h3-6,8,10-12,18-20,22-23,30,35H,2,7,9,13-17H2,1H3,(H,32,37)/t22-,23+,30-/m1/s1. The van der Waals surface area contributed by atoms with E-state index in [9.17, 15) is 14.7 Å². The molecule has 0 aliphatic carbocycles. The van der Waals surface area contributed by atoms with Crippen LogP contribution in [0.5, 0.6) is 0 Å². The number of piperidine rings is 1. The highest BCUT2D eigenvalue weighted by Crippen LogP contribution is 2.43. The number of ether oxygens (including phenoxy) is 2. The SMILES string of the molecule is CCO[C@@H]1OC(C(=O)N2CCC(n3c(=O)[nH]c4ccccc43)CC2)=C[C@H](c2coc3ccccc23)[C@H]1CCCO. The molecule has 2 aliphatic heterocycles. The van der Waals surface area contributed by atoms with Gasteiger partial charge in [-0.25, -0.2) is 4.79 Å². The number of para-hydroxylation sites is 3. The third-order valence-electron chi connectivity index (χ3n) is 8.23. The quantitative estimate of drug-likeness (QED) is 0.333. The number of allylic oxidation sites excluding steroid dienone is 1. The van der Waals surface area contributed by atoms with Crippen LogP contribution in [0.25, 0.3) is 22.0 Å². The van der Waals surface area contributed by atoms with Crippen molar-refractivity contribution in [1.29, 1.82) is 0 Å². The van der Waals surface area contributed by atoms with Crippen molar-refractivity contribution in [1.82, 2.24) is 14.5 Å². The number of rotatable bonds is 8. The van der Waals surface area contributed by atoms with E-state index in [1.165, 1.54) is 0 Å². The Labute approximate surface area is 232 Å². The molecular weight excluding hydrogens is 510 g/mol. The molecular formula is C31H35N3O6. The summed E-state index contributed by atoms with van der Waals surface area (Å²) < 4.78 is 20.0. The highest BCUT2D eigenvalue weighted by Gasteiger charge is 2.40. The third kappa shape index (κ3) is 4.84. The molecule has 0 bridgehead atoms. The van der Waals surface area contributed by atoms with Crippen molar-refractivity contribution in [2.75, 3.05) is 26.3 Å². The van der Waals surface area contributed by atoms with Gasteiger partial charge in [-0.15, -0.1) is 0 Å². The van der Waals surface area contributed by atoms with Crippen LogP contribution in [-0.2, 0) is 14.3 Å². The Morgan fingerprint density at radius 1 is 1.12 bits per heavy atom. The van der Waals surface area contributed by atoms with E-state index in [-0.39, 0.29) is 41.8 Å². The first-order valence-electron chi connectivity index (χ1n) is 14.1. The van der Waals surface area contributed by atoms with Crippen molar-refractivity contribution in [3.63, 3.8) is 0 Å². The van der Waals surface area contributed by atoms with Gasteiger partial charge in [0.1, 0.15) is 5.58 Å². The molecule has 6 rings (SSSR count). The van der Waals surface area contributed by atoms with Gasteiger partial charge in [0.05, 0.1) is 17.3 Å². The second kappa shape index (κ2) is 11.3. The lowest BCUT2D eigenvalue weighted by molar-refractivity contribution is -0.170. The summed E-state index contributed by atoms with van der Waals surface area (Å²) in [6.07, 6.45) is 5.67. The average molecular weight is 546 g/mol. The highest BCUT2D eigenvalue weighted by molar-refractivity contribution is 5.92. The zero-order chi connectivity index (χ0) is 27.6. The minimum absolute atomic E-state index is 0.0121. The first-order valence-corrected chi connectivity index (χ1v) is 14.1. The Morgan fingerprint density at radius 2 is 1.90 bits per heavy atom. The number of aromatic amines is 1. The normalized spacial score (nSPS) is 22.0. The third-order valence-corrected chi connectivity index (χ3v) is 8.23. The molecule has 2 aromatic carbocycles. The molecule has 40 heavy (non-hydrogen) atoms. The van der Waals surface area contributed by atoms with E-state index in [1.54, 1.807) is 6.26 Å². The van der Waals surface area contributed by atoms with Crippen LogP contribution in [0.15, 0.2) is 75.8 Å². The summed E-state index contributed by atoms with van der Waals surface area (Å²) in [6, 6.07) is 15.6. The summed E-state index contributed by atoms with van der Waals surface area (Å²) in [5.41, 5.74) is 3.36. The molecule has 0 radical (unpaired) electrons. The number of benzene rings is 2. The van der Waals surface area contributed by atoms with Gasteiger partial charge in [0, 0.05) is 55.1 Å². The van der Waals surface area contributed by atoms with Crippen molar-refractivity contribution >= 4 is 27.9 Å². The number of likely N-dealkylation sites (tertiary alicyclic amines) is 1. The Bertz CT molecular complexity index is 1570. The fourth-order valence-corrected chi connectivity index (χ4v) is 6.29. The molecule has 2 aromatic heterocycles. The van der Waals surface area contributed by atoms with Crippen molar-refractivity contribution < 1.29 is 23.8 Å². The van der Waals surface area contributed by atoms with Crippen molar-refractivity contribution in [2.45, 2.75) is 50.9 Å². The highest BCUT2D eigenvalue weighted by atomic mass is 16.7. The molecule has 210 valence electrons. The molecule has 2 N–H and O–H groups in total. The average Bonchev–Trinajstić information content (AvgIpc) is 3.56. The zero-order valence-corrected chi connectivity index (χ0v) is 22.6. The van der Waals surface area contributed by atoms with Gasteiger partial charge in [0.25, 0.3) is 5.91 Å². The van der Waals surface area contributed by atoms with Gasteiger partial charge in [-0.3, -0.25) is 9.36 Å². The molecule has 1 fully saturated rings. The summed E-state index contributed by atoms with van der Waals surface area (Å²) >= 11 is 0. The largest absolute Gasteiger partial charge is 0.464 e. The minimum atomic E-state index is -0.624. The first kappa shape index (κ1) is 26.4. The Hall–Kier alpha value is -3.82. The number of imidazole rings is 1. The molecule has 1 saturated heterocycles. The molecule has 9 heteroatoms. The Balaban J connectivity index is 1.26. The number of aliphatic hydroxyl groups is 1. The van der Waals surface area contributed by atoms with Crippen LogP contribution in [0.2, 0.25) is 0 Å². The second-order valence-corrected chi connectivity index (χ2v) is 10.6. The molecule has 4 heterocycles. The lowest BCUT2D eigenvalue weighted by Crippen LogP contribution is -2.44. The maximum atomic E-state index is 13.8. The van der Waals surface area contributed by atoms with E-state index in [1.807, 2.05) is 71.0 Å². The van der Waals surface area contributed by atoms with Gasteiger partial charge in [-0.2, -0.15) is 0 Å². The maximum absolute atomic E-state index is 13.8. The number of amides is 1. The van der Waals surface area contributed by atoms with E-state index in [0.717, 1.165) is 27.6 Å². The van der Waals surface area contributed by atoms with Gasteiger partial charge in [-0.05, 0) is 56.9 Å². The smallest absolute Gasteiger partial charge is 0.326 e. The van der Waals surface area contributed by atoms with Crippen LogP contribution in [0.4, 0.5) is 0 Å². The molecule has 9 nitrogen and oxygen atoms in total. The van der Waals surface area contributed by atoms with E-state index < -0.39 is 6.29 Å². The molecule has 3 atom stereocenters. The Kier molecular flexibility index (Phi) is 7.49. The van der Waals surface area contributed by atoms with Crippen LogP contribution in [0.3, 0.4) is 0 Å². The summed E-state index contributed by atoms with van der Waals surface area (Å²) in [4.78, 5) is 31.3. The van der Waals surface area contributed by atoms with Crippen molar-refractivity contribution in [3.05, 3.63) is 82.7 Å². The van der Waals surface area contributed by atoms with E-state index in [2.05, 4.69) is 4.98 Å². The number of fused-ring (bicyclic) bond motifs is 2. The molecule has 0 unspecified atom stereocenters. The molecule has 1 amide bonds. The fraction of sp³-hybridized carbons (Fsp3) is 0.419. The molecule has 2 aliphatic rings. The summed E-state index contributed by atoms with van der Waals surface area (Å²) in [5, 5.41) is 10.6. The van der Waals surface area contributed by atoms with Gasteiger partial charge < -0.3 is 28.9 Å². The van der Waals surface area contributed by atoms with Crippen LogP contribution >= 0.6 is 0 Å². The topological polar surface area (TPSA) is 110 Å². The van der Waals surface area contributed by atoms with Crippen molar-refractivity contribution in [3.8, 4) is 0 Å². The lowest BCUT2D eigenvalue weighted by Gasteiger charge is -2.39. The number of furan rings is 1. The van der Waals surface area contributed by atoms with E-state index in [0.29, 0.717) is 45.4 Å². The summed E-state index contributed by atoms with van der Waals surface area (Å²) in [6.45, 7) is 3.45. The van der Waals surface area contributed by atoms with Crippen LogP contribution < -0.4 is 5.69 Å². The van der Waals surface area contributed by atoms with Crippen LogP contribution in [0.1, 0.15) is 50.1 Å². The number of nitrogens with zero attached hydrogens (tertiary/aromatic N) is 2. The van der Waals surface area contributed by atoms with E-state index >= 15 is 0 Å². The Morgan fingerprint density at radius 3 is 2.70 bits per heavy atom. The second-order valence-electron chi connectivity index (χ2n) is 10.6. The number of aliphatic hydroxyl groups excluding tert-OH is 1. The van der Waals surface area contributed by atoms with Gasteiger partial charge in [0.15, 0.2) is 5.76 Å². The number of aromatic nitrogens is 2. The number of hydrogen-bond acceptors (Lipinski definition) is 6. The number of hydrogen-bond donors (Lipinski definition) is 2. The minimum Gasteiger partial charge on any atom is -0.464 e. The zero-order valence-electron chi connectivity index (χ0n) is 22.6. The monoisotopic (exact) mass is 545 g/mol. The van der Waals surface area contributed by atoms with Gasteiger partial charge in [-0.1, -0.05) is 30.3 Å². The van der Waals surface area contributed by atoms with Crippen molar-refractivity contribution in [2.24, 2.45) is 5.92 Å². The summed E-state index contributed by atoms with van der Waals surface area (Å²) in [7, 11) is 0. The predicted molar refractivity (Wildman–Crippen MR) is 151 cm³/mol. The predicted octanol–water partition coefficient (Wildman–Crippen LogP) is 4.69. The molecule has 0 spiro atoms. The fourth-order valence-electron chi connectivity index (χ4n) is 6.29. The van der Waals surface area contributed by atoms with Gasteiger partial charge in [0.2, 0.25) is 6.29 Å². The first-order chi connectivity index (χ1) is 19.6. The number of carbonyl (C=O) groups is 1. The molecule has 4 aromatic rings. The maximum Gasteiger partial charge on any atom is 0.326 e. The van der Waals surface area contributed by atoms with Gasteiger partial charge >= 0.3 is 5.69 Å².